The molecule has 3 amide bonds. The summed E-state index contributed by atoms with van der Waals surface area (Å²) in [5.41, 5.74) is 5.52. The lowest BCUT2D eigenvalue weighted by molar-refractivity contribution is -0.123. The van der Waals surface area contributed by atoms with Crippen molar-refractivity contribution < 1.29 is 14.4 Å². The fraction of sp³-hybridized carbons (Fsp3) is 0.250. The second-order valence-corrected chi connectivity index (χ2v) is 5.21. The maximum absolute atomic E-state index is 11.6. The molecule has 0 unspecified atom stereocenters. The standard InChI is InChI=1S/C12H14ClN3O3S/c13-8-1-3-9(4-2-8)16-12(19)7-20-6-11(18)15-5-10(14)17/h1-4H,5-7H2,(H2,14,17)(H,15,18)(H,16,19). The molecule has 0 aliphatic rings. The minimum Gasteiger partial charge on any atom is -0.368 e. The molecule has 0 spiro atoms. The SMILES string of the molecule is NC(=O)CNC(=O)CSCC(=O)Nc1ccc(Cl)cc1. The molecule has 0 atom stereocenters. The van der Waals surface area contributed by atoms with Crippen molar-refractivity contribution in [1.29, 1.82) is 0 Å². The Morgan fingerprint density at radius 1 is 1.10 bits per heavy atom. The maximum Gasteiger partial charge on any atom is 0.236 e. The largest absolute Gasteiger partial charge is 0.368 e. The minimum absolute atomic E-state index is 0.0846. The number of nitrogens with one attached hydrogen (secondary N) is 2. The Morgan fingerprint density at radius 3 is 2.30 bits per heavy atom. The van der Waals surface area contributed by atoms with Gasteiger partial charge >= 0.3 is 0 Å². The molecule has 6 nitrogen and oxygen atoms in total. The van der Waals surface area contributed by atoms with E-state index in [0.29, 0.717) is 10.7 Å². The van der Waals surface area contributed by atoms with Gasteiger partial charge in [0.1, 0.15) is 0 Å². The third-order valence-corrected chi connectivity index (χ3v) is 3.24. The number of primary amides is 1. The molecule has 0 aliphatic carbocycles. The second-order valence-electron chi connectivity index (χ2n) is 3.79. The lowest BCUT2D eigenvalue weighted by Crippen LogP contribution is -2.34. The number of anilines is 1. The number of benzene rings is 1. The van der Waals surface area contributed by atoms with Crippen LogP contribution in [0.15, 0.2) is 24.3 Å². The molecule has 1 aromatic rings. The Kier molecular flexibility index (Phi) is 6.89. The summed E-state index contributed by atoms with van der Waals surface area (Å²) < 4.78 is 0. The van der Waals surface area contributed by atoms with Crippen molar-refractivity contribution in [1.82, 2.24) is 5.32 Å². The first-order chi connectivity index (χ1) is 9.47. The van der Waals surface area contributed by atoms with Crippen molar-refractivity contribution >= 4 is 46.8 Å². The zero-order valence-corrected chi connectivity index (χ0v) is 12.1. The summed E-state index contributed by atoms with van der Waals surface area (Å²) in [6.07, 6.45) is 0. The highest BCUT2D eigenvalue weighted by Crippen LogP contribution is 2.13. The van der Waals surface area contributed by atoms with Gasteiger partial charge in [-0.3, -0.25) is 14.4 Å². The van der Waals surface area contributed by atoms with Crippen molar-refractivity contribution in [2.24, 2.45) is 5.73 Å². The zero-order chi connectivity index (χ0) is 15.0. The number of carbonyl (C=O) groups excluding carboxylic acids is 3. The van der Waals surface area contributed by atoms with Gasteiger partial charge < -0.3 is 16.4 Å². The molecule has 0 bridgehead atoms. The van der Waals surface area contributed by atoms with E-state index < -0.39 is 5.91 Å². The monoisotopic (exact) mass is 315 g/mol. The molecule has 0 aliphatic heterocycles. The molecular weight excluding hydrogens is 302 g/mol. The van der Waals surface area contributed by atoms with Crippen molar-refractivity contribution in [2.45, 2.75) is 0 Å². The first kappa shape index (κ1) is 16.3. The topological polar surface area (TPSA) is 101 Å². The van der Waals surface area contributed by atoms with Crippen LogP contribution in [0, 0.1) is 0 Å². The van der Waals surface area contributed by atoms with E-state index in [9.17, 15) is 14.4 Å². The van der Waals surface area contributed by atoms with Crippen LogP contribution in [-0.2, 0) is 14.4 Å². The van der Waals surface area contributed by atoms with Gasteiger partial charge in [-0.25, -0.2) is 0 Å². The number of nitrogens with two attached hydrogens (primary N) is 1. The number of halogens is 1. The van der Waals surface area contributed by atoms with Gasteiger partial charge in [0.25, 0.3) is 0 Å². The van der Waals surface area contributed by atoms with Gasteiger partial charge in [-0.1, -0.05) is 11.6 Å². The van der Waals surface area contributed by atoms with E-state index in [2.05, 4.69) is 10.6 Å². The Bertz CT molecular complexity index is 493. The number of hydrogen-bond donors (Lipinski definition) is 3. The molecule has 20 heavy (non-hydrogen) atoms. The first-order valence-electron chi connectivity index (χ1n) is 5.65. The fourth-order valence-electron chi connectivity index (χ4n) is 1.20. The van der Waals surface area contributed by atoms with Crippen LogP contribution >= 0.6 is 23.4 Å². The predicted octanol–water partition coefficient (Wildman–Crippen LogP) is 0.613. The van der Waals surface area contributed by atoms with E-state index >= 15 is 0 Å². The van der Waals surface area contributed by atoms with E-state index in [0.717, 1.165) is 11.8 Å². The predicted molar refractivity (Wildman–Crippen MR) is 79.6 cm³/mol. The molecule has 8 heteroatoms. The van der Waals surface area contributed by atoms with Gasteiger partial charge in [0.15, 0.2) is 0 Å². The van der Waals surface area contributed by atoms with E-state index in [-0.39, 0.29) is 29.9 Å². The molecule has 1 rings (SSSR count). The Hall–Kier alpha value is -1.73. The summed E-state index contributed by atoms with van der Waals surface area (Å²) in [6, 6.07) is 6.71. The summed E-state index contributed by atoms with van der Waals surface area (Å²) in [7, 11) is 0. The normalized spacial score (nSPS) is 9.85. The Morgan fingerprint density at radius 2 is 1.70 bits per heavy atom. The van der Waals surface area contributed by atoms with Crippen LogP contribution in [0.1, 0.15) is 0 Å². The number of hydrogen-bond acceptors (Lipinski definition) is 4. The number of thioether (sulfide) groups is 1. The maximum atomic E-state index is 11.6. The zero-order valence-electron chi connectivity index (χ0n) is 10.5. The van der Waals surface area contributed by atoms with E-state index in [1.807, 2.05) is 0 Å². The molecule has 0 saturated heterocycles. The number of carbonyl (C=O) groups is 3. The summed E-state index contributed by atoms with van der Waals surface area (Å²) >= 11 is 6.87. The molecule has 0 aromatic heterocycles. The minimum atomic E-state index is -0.608. The van der Waals surface area contributed by atoms with E-state index in [4.69, 9.17) is 17.3 Å². The first-order valence-corrected chi connectivity index (χ1v) is 7.19. The molecular formula is C12H14ClN3O3S. The van der Waals surface area contributed by atoms with Gasteiger partial charge in [-0.2, -0.15) is 0 Å². The molecule has 0 radical (unpaired) electrons. The third-order valence-electron chi connectivity index (χ3n) is 2.05. The smallest absolute Gasteiger partial charge is 0.236 e. The van der Waals surface area contributed by atoms with Gasteiger partial charge in [0.2, 0.25) is 17.7 Å². The van der Waals surface area contributed by atoms with Crippen molar-refractivity contribution in [3.05, 3.63) is 29.3 Å². The van der Waals surface area contributed by atoms with Crippen LogP contribution in [0.4, 0.5) is 5.69 Å². The highest BCUT2D eigenvalue weighted by atomic mass is 35.5. The molecule has 4 N–H and O–H groups in total. The highest BCUT2D eigenvalue weighted by molar-refractivity contribution is 8.00. The number of rotatable bonds is 7. The van der Waals surface area contributed by atoms with Gasteiger partial charge in [0, 0.05) is 10.7 Å². The second kappa shape index (κ2) is 8.44. The van der Waals surface area contributed by atoms with Crippen molar-refractivity contribution in [2.75, 3.05) is 23.4 Å². The van der Waals surface area contributed by atoms with E-state index in [1.54, 1.807) is 24.3 Å². The Balaban J connectivity index is 2.21. The quantitative estimate of drug-likeness (QED) is 0.686. The Labute approximate surface area is 125 Å². The van der Waals surface area contributed by atoms with Gasteiger partial charge in [-0.05, 0) is 24.3 Å². The van der Waals surface area contributed by atoms with Crippen LogP contribution in [0.2, 0.25) is 5.02 Å². The highest BCUT2D eigenvalue weighted by Gasteiger charge is 2.06. The number of amides is 3. The van der Waals surface area contributed by atoms with Gasteiger partial charge in [-0.15, -0.1) is 11.8 Å². The van der Waals surface area contributed by atoms with Crippen LogP contribution in [0.5, 0.6) is 0 Å². The summed E-state index contributed by atoms with van der Waals surface area (Å²) in [6.45, 7) is -0.198. The van der Waals surface area contributed by atoms with Crippen LogP contribution in [-0.4, -0.2) is 35.8 Å². The lowest BCUT2D eigenvalue weighted by Gasteiger charge is -2.05. The third kappa shape index (κ3) is 7.01. The summed E-state index contributed by atoms with van der Waals surface area (Å²) in [5.74, 6) is -0.953. The molecule has 108 valence electrons. The van der Waals surface area contributed by atoms with Crippen molar-refractivity contribution in [3.63, 3.8) is 0 Å². The van der Waals surface area contributed by atoms with Crippen LogP contribution < -0.4 is 16.4 Å². The lowest BCUT2D eigenvalue weighted by atomic mass is 10.3. The van der Waals surface area contributed by atoms with Crippen molar-refractivity contribution in [3.8, 4) is 0 Å². The average molecular weight is 316 g/mol. The summed E-state index contributed by atoms with van der Waals surface area (Å²) in [5, 5.41) is 5.59. The summed E-state index contributed by atoms with van der Waals surface area (Å²) in [4.78, 5) is 33.3. The fourth-order valence-corrected chi connectivity index (χ4v) is 1.98. The average Bonchev–Trinajstić information content (AvgIpc) is 2.39. The molecule has 0 fully saturated rings. The van der Waals surface area contributed by atoms with Gasteiger partial charge in [0.05, 0.1) is 18.1 Å². The molecule has 0 heterocycles. The van der Waals surface area contributed by atoms with Crippen LogP contribution in [0.25, 0.3) is 0 Å². The van der Waals surface area contributed by atoms with Crippen LogP contribution in [0.3, 0.4) is 0 Å². The van der Waals surface area contributed by atoms with E-state index in [1.165, 1.54) is 0 Å². The molecule has 0 saturated carbocycles. The molecule has 1 aromatic carbocycles.